The molecule has 2 heteroatoms. The number of nitrogens with zero attached hydrogens (tertiary/aromatic N) is 1. The second-order valence-corrected chi connectivity index (χ2v) is 7.92. The normalized spacial score (nSPS) is 11.4. The van der Waals surface area contributed by atoms with Gasteiger partial charge in [-0.2, -0.15) is 0 Å². The fraction of sp³-hybridized carbons (Fsp3) is 1.00. The fourth-order valence-corrected chi connectivity index (χ4v) is 3.48. The molecule has 0 aromatic rings. The van der Waals surface area contributed by atoms with Gasteiger partial charge < -0.3 is 0 Å². The third-order valence-corrected chi connectivity index (χ3v) is 5.26. The minimum atomic E-state index is 1.31. The van der Waals surface area contributed by atoms with E-state index in [9.17, 15) is 0 Å². The summed E-state index contributed by atoms with van der Waals surface area (Å²) < 4.78 is 2.55. The van der Waals surface area contributed by atoms with E-state index >= 15 is 0 Å². The van der Waals surface area contributed by atoms with E-state index in [2.05, 4.69) is 37.9 Å². The van der Waals surface area contributed by atoms with E-state index in [0.717, 1.165) is 0 Å². The third-order valence-electron chi connectivity index (χ3n) is 4.56. The Labute approximate surface area is 153 Å². The van der Waals surface area contributed by atoms with E-state index < -0.39 is 0 Å². The molecule has 0 radical (unpaired) electrons. The standard InChI is InChI=1S/C20H42N.Ti/c1-3-5-7-9-11-13-15-17-19-21-20-18-16-14-12-10-8-6-4-2;/h3-20H2,1-2H3;/q-1;+1. The first-order valence-electron chi connectivity index (χ1n) is 10.3. The van der Waals surface area contributed by atoms with Crippen LogP contribution in [-0.4, -0.2) is 16.5 Å². The predicted octanol–water partition coefficient (Wildman–Crippen LogP) is 7.03. The van der Waals surface area contributed by atoms with Gasteiger partial charge >= 0.3 is 154 Å². The van der Waals surface area contributed by atoms with Crippen LogP contribution in [-0.2, 0) is 20.7 Å². The Morgan fingerprint density at radius 1 is 0.455 bits per heavy atom. The van der Waals surface area contributed by atoms with Crippen molar-refractivity contribution >= 4 is 0 Å². The molecule has 0 fully saturated rings. The molecular formula is C20H42NTi. The molecule has 0 rings (SSSR count). The van der Waals surface area contributed by atoms with Gasteiger partial charge in [-0.1, -0.05) is 0 Å². The number of hydrogen-bond acceptors (Lipinski definition) is 1. The van der Waals surface area contributed by atoms with Crippen LogP contribution in [0.5, 0.6) is 0 Å². The Hall–Kier alpha value is 0.674. The first kappa shape index (κ1) is 22.7. The summed E-state index contributed by atoms with van der Waals surface area (Å²) in [7, 11) is 0. The van der Waals surface area contributed by atoms with Crippen LogP contribution >= 0.6 is 0 Å². The van der Waals surface area contributed by atoms with Gasteiger partial charge in [0.2, 0.25) is 0 Å². The number of hydrogen-bond donors (Lipinski definition) is 0. The Balaban J connectivity index is 3.11. The van der Waals surface area contributed by atoms with Crippen LogP contribution < -0.4 is 0 Å². The van der Waals surface area contributed by atoms with E-state index in [-0.39, 0.29) is 0 Å². The average Bonchev–Trinajstić information content (AvgIpc) is 2.52. The minimum absolute atomic E-state index is 1.31. The Morgan fingerprint density at radius 2 is 0.727 bits per heavy atom. The molecule has 0 aliphatic rings. The predicted molar refractivity (Wildman–Crippen MR) is 96.8 cm³/mol. The molecule has 0 saturated heterocycles. The van der Waals surface area contributed by atoms with Crippen molar-refractivity contribution in [1.82, 2.24) is 3.38 Å². The van der Waals surface area contributed by atoms with Gasteiger partial charge in [-0.05, 0) is 0 Å². The zero-order valence-electron chi connectivity index (χ0n) is 15.7. The molecule has 0 aliphatic heterocycles. The Kier molecular flexibility index (Phi) is 20.3. The first-order chi connectivity index (χ1) is 10.8. The summed E-state index contributed by atoms with van der Waals surface area (Å²) in [6, 6.07) is 0. The molecule has 22 heavy (non-hydrogen) atoms. The summed E-state index contributed by atoms with van der Waals surface area (Å²) in [6.07, 6.45) is 22.9. The van der Waals surface area contributed by atoms with Gasteiger partial charge in [0, 0.05) is 0 Å². The topological polar surface area (TPSA) is 3.24 Å². The van der Waals surface area contributed by atoms with Crippen LogP contribution in [0.2, 0.25) is 0 Å². The molecule has 0 saturated carbocycles. The molecule has 0 amide bonds. The summed E-state index contributed by atoms with van der Waals surface area (Å²) in [5.41, 5.74) is 0. The Bertz CT molecular complexity index is 176. The average molecular weight is 344 g/mol. The molecule has 0 atom stereocenters. The molecule has 0 aromatic carbocycles. The summed E-state index contributed by atoms with van der Waals surface area (Å²) >= 11 is 2.31. The molecule has 0 heterocycles. The monoisotopic (exact) mass is 344 g/mol. The van der Waals surface area contributed by atoms with Crippen molar-refractivity contribution in [1.29, 1.82) is 0 Å². The summed E-state index contributed by atoms with van der Waals surface area (Å²) in [4.78, 5) is 0. The molecule has 1 nitrogen and oxygen atoms in total. The Morgan fingerprint density at radius 3 is 1.05 bits per heavy atom. The van der Waals surface area contributed by atoms with Gasteiger partial charge in [-0.25, -0.2) is 0 Å². The molecule has 131 valence electrons. The van der Waals surface area contributed by atoms with Crippen LogP contribution in [0.15, 0.2) is 0 Å². The van der Waals surface area contributed by atoms with Crippen molar-refractivity contribution in [2.45, 2.75) is 117 Å². The van der Waals surface area contributed by atoms with E-state index in [1.165, 1.54) is 116 Å². The SMILES string of the molecule is CCCCCCCCCC[N]([Ti])CCCCCCCCCC. The molecule has 0 bridgehead atoms. The van der Waals surface area contributed by atoms with Crippen molar-refractivity contribution in [3.63, 3.8) is 0 Å². The summed E-state index contributed by atoms with van der Waals surface area (Å²) in [6.45, 7) is 7.21. The van der Waals surface area contributed by atoms with Gasteiger partial charge in [-0.15, -0.1) is 0 Å². The van der Waals surface area contributed by atoms with Crippen molar-refractivity contribution in [3.05, 3.63) is 0 Å². The maximum atomic E-state index is 2.55. The second-order valence-electron chi connectivity index (χ2n) is 6.94. The van der Waals surface area contributed by atoms with Gasteiger partial charge in [0.1, 0.15) is 0 Å². The van der Waals surface area contributed by atoms with Crippen LogP contribution in [0.1, 0.15) is 117 Å². The van der Waals surface area contributed by atoms with Crippen molar-refractivity contribution < 1.29 is 20.7 Å². The van der Waals surface area contributed by atoms with Gasteiger partial charge in [0.15, 0.2) is 0 Å². The van der Waals surface area contributed by atoms with Crippen LogP contribution in [0, 0.1) is 0 Å². The first-order valence-corrected chi connectivity index (χ1v) is 11.0. The summed E-state index contributed by atoms with van der Waals surface area (Å²) in [5.74, 6) is 0. The van der Waals surface area contributed by atoms with Crippen molar-refractivity contribution in [2.24, 2.45) is 0 Å². The van der Waals surface area contributed by atoms with Crippen molar-refractivity contribution in [3.8, 4) is 0 Å². The van der Waals surface area contributed by atoms with Gasteiger partial charge in [-0.3, -0.25) is 0 Å². The molecule has 0 N–H and O–H groups in total. The zero-order valence-corrected chi connectivity index (χ0v) is 17.2. The van der Waals surface area contributed by atoms with E-state index in [1.807, 2.05) is 0 Å². The molecule has 0 aromatic heterocycles. The third kappa shape index (κ3) is 18.7. The summed E-state index contributed by atoms with van der Waals surface area (Å²) in [5, 5.41) is 0. The van der Waals surface area contributed by atoms with Crippen molar-refractivity contribution in [2.75, 3.05) is 13.1 Å². The fourth-order valence-electron chi connectivity index (χ4n) is 2.98. The molecule has 0 aliphatic carbocycles. The van der Waals surface area contributed by atoms with E-state index in [0.29, 0.717) is 0 Å². The van der Waals surface area contributed by atoms with E-state index in [4.69, 9.17) is 0 Å². The quantitative estimate of drug-likeness (QED) is 0.190. The van der Waals surface area contributed by atoms with Gasteiger partial charge in [0.25, 0.3) is 0 Å². The number of rotatable bonds is 18. The van der Waals surface area contributed by atoms with Gasteiger partial charge in [0.05, 0.1) is 0 Å². The molecule has 0 spiro atoms. The second kappa shape index (κ2) is 19.7. The number of unbranched alkanes of at least 4 members (excludes halogenated alkanes) is 14. The van der Waals surface area contributed by atoms with Crippen LogP contribution in [0.4, 0.5) is 0 Å². The molecular weight excluding hydrogens is 302 g/mol. The van der Waals surface area contributed by atoms with Crippen LogP contribution in [0.25, 0.3) is 0 Å². The zero-order chi connectivity index (χ0) is 16.3. The molecule has 0 unspecified atom stereocenters. The maximum absolute atomic E-state index is 2.55. The van der Waals surface area contributed by atoms with Crippen LogP contribution in [0.3, 0.4) is 0 Å². The van der Waals surface area contributed by atoms with E-state index in [1.54, 1.807) is 0 Å².